The molecule has 0 saturated heterocycles. The average molecular weight is 708 g/mol. The fourth-order valence-electron chi connectivity index (χ4n) is 8.62. The molecule has 270 valence electrons. The molecule has 8 aromatic rings. The van der Waals surface area contributed by atoms with Crippen LogP contribution in [0.15, 0.2) is 132 Å². The van der Waals surface area contributed by atoms with Gasteiger partial charge in [-0.2, -0.15) is 0 Å². The van der Waals surface area contributed by atoms with Crippen molar-refractivity contribution in [1.82, 2.24) is 9.55 Å². The van der Waals surface area contributed by atoms with E-state index >= 15 is 0 Å². The maximum Gasteiger partial charge on any atom is 0.149 e. The molecule has 0 bridgehead atoms. The van der Waals surface area contributed by atoms with Crippen molar-refractivity contribution >= 4 is 33.0 Å². The van der Waals surface area contributed by atoms with E-state index < -0.39 is 5.89 Å². The summed E-state index contributed by atoms with van der Waals surface area (Å²) in [7, 11) is 0. The van der Waals surface area contributed by atoms with Crippen molar-refractivity contribution in [3.8, 4) is 39.3 Å². The second kappa shape index (κ2) is 13.5. The van der Waals surface area contributed by atoms with E-state index in [1.165, 1.54) is 39.1 Å². The predicted octanol–water partition coefficient (Wildman–Crippen LogP) is 14.9. The summed E-state index contributed by atoms with van der Waals surface area (Å²) in [4.78, 5) is 5.39. The van der Waals surface area contributed by atoms with Crippen molar-refractivity contribution in [3.05, 3.63) is 144 Å². The van der Waals surface area contributed by atoms with Gasteiger partial charge in [-0.25, -0.2) is 4.98 Å². The molecule has 1 aliphatic rings. The van der Waals surface area contributed by atoms with Gasteiger partial charge in [0.2, 0.25) is 0 Å². The van der Waals surface area contributed by atoms with Crippen LogP contribution in [0.3, 0.4) is 0 Å². The van der Waals surface area contributed by atoms with Crippen LogP contribution in [-0.2, 0) is 0 Å². The Hall–Kier alpha value is -5.41. The number of aromatic nitrogens is 2. The summed E-state index contributed by atoms with van der Waals surface area (Å²) in [6.45, 7) is 13.9. The molecule has 0 radical (unpaired) electrons. The number of furan rings is 1. The van der Waals surface area contributed by atoms with Crippen molar-refractivity contribution in [2.75, 3.05) is 0 Å². The third-order valence-corrected chi connectivity index (χ3v) is 11.9. The van der Waals surface area contributed by atoms with Crippen LogP contribution in [0, 0.1) is 5.41 Å². The Kier molecular flexibility index (Phi) is 8.27. The zero-order valence-electron chi connectivity index (χ0n) is 33.4. The smallest absolute Gasteiger partial charge is 0.149 e. The van der Waals surface area contributed by atoms with Crippen molar-refractivity contribution in [2.24, 2.45) is 5.41 Å². The van der Waals surface area contributed by atoms with Gasteiger partial charge in [0.25, 0.3) is 0 Å². The number of nitrogens with zero attached hydrogens (tertiary/aromatic N) is 2. The first-order chi connectivity index (χ1) is 26.5. The van der Waals surface area contributed by atoms with E-state index in [0.29, 0.717) is 5.41 Å². The molecule has 0 amide bonds. The van der Waals surface area contributed by atoms with E-state index in [4.69, 9.17) is 9.40 Å². The van der Waals surface area contributed by atoms with Gasteiger partial charge in [0.1, 0.15) is 17.0 Å². The molecule has 0 aliphatic heterocycles. The van der Waals surface area contributed by atoms with Gasteiger partial charge in [0.05, 0.1) is 22.3 Å². The van der Waals surface area contributed by atoms with Gasteiger partial charge in [-0.15, -0.1) is 0 Å². The van der Waals surface area contributed by atoms with Gasteiger partial charge in [-0.1, -0.05) is 133 Å². The van der Waals surface area contributed by atoms with E-state index in [9.17, 15) is 1.37 Å². The highest BCUT2D eigenvalue weighted by Crippen LogP contribution is 2.45. The number of para-hydroxylation sites is 3. The van der Waals surface area contributed by atoms with E-state index in [-0.39, 0.29) is 11.8 Å². The lowest BCUT2D eigenvalue weighted by Crippen LogP contribution is -2.20. The SMILES string of the molecule is [2H]C1(c2ccc3c(c2)oc2c(-c4nc5ccccc5n4-c4c(C(C)C)cc(-c5ccc(-c6ccccc6)cc5)cc4C(C)C)cccc23)CCC(C)(C)CC1. The first kappa shape index (κ1) is 33.2. The fourth-order valence-corrected chi connectivity index (χ4v) is 8.62. The normalized spacial score (nSPS) is 15.8. The number of hydrogen-bond acceptors (Lipinski definition) is 2. The molecule has 2 aromatic heterocycles. The second-order valence-corrected chi connectivity index (χ2v) is 16.8. The quantitative estimate of drug-likeness (QED) is 0.165. The molecule has 0 N–H and O–H groups in total. The van der Waals surface area contributed by atoms with Crippen LogP contribution in [0.25, 0.3) is 72.3 Å². The molecule has 0 spiro atoms. The van der Waals surface area contributed by atoms with Crippen molar-refractivity contribution in [2.45, 2.75) is 85.0 Å². The monoisotopic (exact) mass is 707 g/mol. The van der Waals surface area contributed by atoms with Crippen LogP contribution in [0.5, 0.6) is 0 Å². The highest BCUT2D eigenvalue weighted by atomic mass is 16.3. The van der Waals surface area contributed by atoms with Gasteiger partial charge in [0, 0.05) is 12.1 Å². The van der Waals surface area contributed by atoms with Gasteiger partial charge in [0.15, 0.2) is 0 Å². The summed E-state index contributed by atoms with van der Waals surface area (Å²) >= 11 is 0. The molecule has 1 aliphatic carbocycles. The minimum atomic E-state index is -0.587. The van der Waals surface area contributed by atoms with Gasteiger partial charge in [-0.05, 0) is 124 Å². The van der Waals surface area contributed by atoms with E-state index in [0.717, 1.165) is 75.6 Å². The van der Waals surface area contributed by atoms with Crippen LogP contribution in [0.4, 0.5) is 0 Å². The number of rotatable bonds is 7. The molecule has 6 aromatic carbocycles. The molecule has 1 fully saturated rings. The summed E-state index contributed by atoms with van der Waals surface area (Å²) in [6.07, 6.45) is 3.87. The molecular formula is C51H50N2O. The lowest BCUT2D eigenvalue weighted by Gasteiger charge is -2.34. The molecule has 3 heteroatoms. The molecular weight excluding hydrogens is 657 g/mol. The minimum absolute atomic E-state index is 0.257. The Morgan fingerprint density at radius 2 is 1.30 bits per heavy atom. The van der Waals surface area contributed by atoms with Crippen LogP contribution in [0.1, 0.15) is 103 Å². The van der Waals surface area contributed by atoms with E-state index in [1.807, 2.05) is 0 Å². The summed E-state index contributed by atoms with van der Waals surface area (Å²) in [5, 5.41) is 2.15. The number of hydrogen-bond donors (Lipinski definition) is 0. The number of imidazole rings is 1. The Labute approximate surface area is 321 Å². The standard InChI is InChI=1S/C51H50N2O/c1-32(2)43-29-39(36-21-19-35(20-22-36)34-13-8-7-9-14-34)30-44(33(3)4)48(43)53-46-18-11-10-17-45(46)52-50(53)42-16-12-15-41-40-24-23-38(31-47(40)54-49(41)42)37-25-27-51(5,6)28-26-37/h7-24,29-33,37H,25-28H2,1-6H3/i37D. The molecule has 0 unspecified atom stereocenters. The Bertz CT molecular complexity index is 2660. The third kappa shape index (κ3) is 6.04. The minimum Gasteiger partial charge on any atom is -0.455 e. The van der Waals surface area contributed by atoms with Crippen molar-refractivity contribution in [3.63, 3.8) is 0 Å². The highest BCUT2D eigenvalue weighted by molar-refractivity contribution is 6.09. The Morgan fingerprint density at radius 1 is 0.667 bits per heavy atom. The van der Waals surface area contributed by atoms with Crippen LogP contribution >= 0.6 is 0 Å². The summed E-state index contributed by atoms with van der Waals surface area (Å²) in [6, 6.07) is 45.8. The van der Waals surface area contributed by atoms with Gasteiger partial charge in [-0.3, -0.25) is 4.57 Å². The van der Waals surface area contributed by atoms with E-state index in [2.05, 4.69) is 174 Å². The Balaban J connectivity index is 1.22. The zero-order chi connectivity index (χ0) is 38.1. The average Bonchev–Trinajstić information content (AvgIpc) is 3.77. The molecule has 54 heavy (non-hydrogen) atoms. The van der Waals surface area contributed by atoms with Crippen LogP contribution < -0.4 is 0 Å². The van der Waals surface area contributed by atoms with Crippen LogP contribution in [-0.4, -0.2) is 9.55 Å². The molecule has 1 saturated carbocycles. The largest absolute Gasteiger partial charge is 0.455 e. The molecule has 0 atom stereocenters. The van der Waals surface area contributed by atoms with Gasteiger partial charge < -0.3 is 4.42 Å². The fraction of sp³-hybridized carbons (Fsp3) is 0.275. The molecule has 3 nitrogen and oxygen atoms in total. The van der Waals surface area contributed by atoms with Gasteiger partial charge >= 0.3 is 0 Å². The molecule has 9 rings (SSSR count). The van der Waals surface area contributed by atoms with E-state index in [1.54, 1.807) is 0 Å². The zero-order valence-corrected chi connectivity index (χ0v) is 32.4. The molecule has 2 heterocycles. The maximum atomic E-state index is 9.48. The lowest BCUT2D eigenvalue weighted by atomic mass is 9.71. The number of fused-ring (bicyclic) bond motifs is 4. The first-order valence-electron chi connectivity index (χ1n) is 20.3. The van der Waals surface area contributed by atoms with Crippen molar-refractivity contribution < 1.29 is 5.79 Å². The second-order valence-electron chi connectivity index (χ2n) is 16.8. The summed E-state index contributed by atoms with van der Waals surface area (Å²) in [5.41, 5.74) is 14.7. The summed E-state index contributed by atoms with van der Waals surface area (Å²) in [5.74, 6) is 0.804. The summed E-state index contributed by atoms with van der Waals surface area (Å²) < 4.78 is 18.8. The third-order valence-electron chi connectivity index (χ3n) is 11.9. The lowest BCUT2D eigenvalue weighted by molar-refractivity contribution is 0.224. The topological polar surface area (TPSA) is 31.0 Å². The number of benzene rings is 6. The van der Waals surface area contributed by atoms with Crippen LogP contribution in [0.2, 0.25) is 0 Å². The van der Waals surface area contributed by atoms with Crippen molar-refractivity contribution in [1.29, 1.82) is 0 Å². The maximum absolute atomic E-state index is 9.48. The Morgan fingerprint density at radius 3 is 1.98 bits per heavy atom. The first-order valence-corrected chi connectivity index (χ1v) is 19.8. The predicted molar refractivity (Wildman–Crippen MR) is 228 cm³/mol. The highest BCUT2D eigenvalue weighted by Gasteiger charge is 2.29.